The van der Waals surface area contributed by atoms with E-state index in [9.17, 15) is 4.79 Å². The number of hydrogen-bond donors (Lipinski definition) is 0. The van der Waals surface area contributed by atoms with Crippen LogP contribution in [-0.2, 0) is 6.54 Å². The van der Waals surface area contributed by atoms with Crippen LogP contribution in [0.4, 0.5) is 0 Å². The number of carbonyl (C=O) groups excluding carboxylic acids is 1. The Bertz CT molecular complexity index is 803. The molecule has 2 heterocycles. The molecule has 146 valence electrons. The van der Waals surface area contributed by atoms with Crippen LogP contribution in [0.3, 0.4) is 0 Å². The molecule has 0 unspecified atom stereocenters. The van der Waals surface area contributed by atoms with Crippen molar-refractivity contribution < 1.29 is 19.0 Å². The third-order valence-electron chi connectivity index (χ3n) is 5.10. The van der Waals surface area contributed by atoms with E-state index in [1.54, 1.807) is 19.2 Å². The van der Waals surface area contributed by atoms with E-state index >= 15 is 0 Å². The Balaban J connectivity index is 1.87. The lowest BCUT2D eigenvalue weighted by Gasteiger charge is -2.33. The molecule has 3 rings (SSSR count). The summed E-state index contributed by atoms with van der Waals surface area (Å²) < 4.78 is 18.4. The Labute approximate surface area is 159 Å². The van der Waals surface area contributed by atoms with Crippen molar-refractivity contribution in [3.63, 3.8) is 0 Å². The van der Waals surface area contributed by atoms with Crippen LogP contribution in [0.15, 0.2) is 24.5 Å². The number of carbonyl (C=O) groups is 1. The van der Waals surface area contributed by atoms with Gasteiger partial charge in [0.05, 0.1) is 26.9 Å². The molecular formula is C20H27N3O4. The molecule has 0 bridgehead atoms. The van der Waals surface area contributed by atoms with Gasteiger partial charge < -0.3 is 23.7 Å². The van der Waals surface area contributed by atoms with Gasteiger partial charge in [-0.3, -0.25) is 4.79 Å². The highest BCUT2D eigenvalue weighted by Gasteiger charge is 2.30. The van der Waals surface area contributed by atoms with Gasteiger partial charge in [0.25, 0.3) is 5.91 Å². The second-order valence-corrected chi connectivity index (χ2v) is 6.54. The number of benzene rings is 1. The van der Waals surface area contributed by atoms with Gasteiger partial charge in [0.15, 0.2) is 11.5 Å². The highest BCUT2D eigenvalue weighted by atomic mass is 16.5. The van der Waals surface area contributed by atoms with Gasteiger partial charge in [0.2, 0.25) is 5.75 Å². The summed E-state index contributed by atoms with van der Waals surface area (Å²) in [6.45, 7) is 4.35. The average Bonchev–Trinajstić information content (AvgIpc) is 3.20. The molecule has 1 aliphatic rings. The maximum Gasteiger partial charge on any atom is 0.257 e. The lowest BCUT2D eigenvalue weighted by atomic mass is 9.96. The summed E-state index contributed by atoms with van der Waals surface area (Å²) in [6, 6.07) is 3.47. The minimum atomic E-state index is -0.0629. The molecule has 2 aromatic rings. The minimum Gasteiger partial charge on any atom is -0.493 e. The van der Waals surface area contributed by atoms with Gasteiger partial charge in [-0.2, -0.15) is 0 Å². The van der Waals surface area contributed by atoms with Crippen molar-refractivity contribution in [2.24, 2.45) is 0 Å². The second-order valence-electron chi connectivity index (χ2n) is 6.54. The largest absolute Gasteiger partial charge is 0.493 e. The number of methoxy groups -OCH3 is 3. The standard InChI is InChI=1S/C20H27N3O4/c1-5-22-12-10-21-19(22)14-7-6-11-23(13-14)20(24)15-8-9-16(25-2)18(27-4)17(15)26-3/h8-10,12,14H,5-7,11,13H2,1-4H3/t14-/m0/s1. The molecule has 7 nitrogen and oxygen atoms in total. The molecule has 1 aromatic heterocycles. The minimum absolute atomic E-state index is 0.0629. The number of likely N-dealkylation sites (tertiary alicyclic amines) is 1. The van der Waals surface area contributed by atoms with Crippen LogP contribution in [-0.4, -0.2) is 54.8 Å². The zero-order valence-electron chi connectivity index (χ0n) is 16.4. The molecule has 1 fully saturated rings. The molecular weight excluding hydrogens is 346 g/mol. The molecule has 0 spiro atoms. The SMILES string of the molecule is CCn1ccnc1[C@H]1CCCN(C(=O)c2ccc(OC)c(OC)c2OC)C1. The number of aryl methyl sites for hydroxylation is 1. The van der Waals surface area contributed by atoms with Crippen LogP contribution in [0, 0.1) is 0 Å². The Hall–Kier alpha value is -2.70. The van der Waals surface area contributed by atoms with E-state index in [0.29, 0.717) is 29.4 Å². The van der Waals surface area contributed by atoms with Crippen molar-refractivity contribution >= 4 is 5.91 Å². The average molecular weight is 373 g/mol. The quantitative estimate of drug-likeness (QED) is 0.779. The van der Waals surface area contributed by atoms with Crippen LogP contribution in [0.1, 0.15) is 41.9 Å². The van der Waals surface area contributed by atoms with Gasteiger partial charge in [0, 0.05) is 37.9 Å². The fraction of sp³-hybridized carbons (Fsp3) is 0.500. The van der Waals surface area contributed by atoms with Crippen molar-refractivity contribution in [1.29, 1.82) is 0 Å². The number of nitrogens with zero attached hydrogens (tertiary/aromatic N) is 3. The number of rotatable bonds is 6. The van der Waals surface area contributed by atoms with Crippen LogP contribution >= 0.6 is 0 Å². The zero-order valence-corrected chi connectivity index (χ0v) is 16.4. The second kappa shape index (κ2) is 8.33. The van der Waals surface area contributed by atoms with E-state index in [2.05, 4.69) is 16.5 Å². The summed E-state index contributed by atoms with van der Waals surface area (Å²) in [5.41, 5.74) is 0.481. The van der Waals surface area contributed by atoms with E-state index in [1.807, 2.05) is 17.3 Å². The highest BCUT2D eigenvalue weighted by molar-refractivity contribution is 5.98. The molecule has 27 heavy (non-hydrogen) atoms. The number of ether oxygens (including phenoxy) is 3. The van der Waals surface area contributed by atoms with Gasteiger partial charge in [-0.15, -0.1) is 0 Å². The molecule has 1 aliphatic heterocycles. The molecule has 1 aromatic carbocycles. The molecule has 0 radical (unpaired) electrons. The van der Waals surface area contributed by atoms with Gasteiger partial charge >= 0.3 is 0 Å². The smallest absolute Gasteiger partial charge is 0.257 e. The van der Waals surface area contributed by atoms with E-state index in [4.69, 9.17) is 14.2 Å². The summed E-state index contributed by atoms with van der Waals surface area (Å²) in [7, 11) is 4.63. The topological polar surface area (TPSA) is 65.8 Å². The highest BCUT2D eigenvalue weighted by Crippen LogP contribution is 2.40. The van der Waals surface area contributed by atoms with E-state index in [0.717, 1.165) is 31.8 Å². The van der Waals surface area contributed by atoms with E-state index < -0.39 is 0 Å². The lowest BCUT2D eigenvalue weighted by molar-refractivity contribution is 0.0699. The molecule has 0 aliphatic carbocycles. The summed E-state index contributed by atoms with van der Waals surface area (Å²) in [5.74, 6) is 2.59. The first-order valence-corrected chi connectivity index (χ1v) is 9.23. The van der Waals surface area contributed by atoms with Crippen LogP contribution in [0.25, 0.3) is 0 Å². The van der Waals surface area contributed by atoms with Crippen molar-refractivity contribution in [1.82, 2.24) is 14.5 Å². The van der Waals surface area contributed by atoms with Crippen molar-refractivity contribution in [2.75, 3.05) is 34.4 Å². The zero-order chi connectivity index (χ0) is 19.4. The maximum absolute atomic E-state index is 13.2. The predicted octanol–water partition coefficient (Wildman–Crippen LogP) is 2.95. The Morgan fingerprint density at radius 3 is 2.63 bits per heavy atom. The molecule has 1 amide bonds. The third-order valence-corrected chi connectivity index (χ3v) is 5.10. The fourth-order valence-corrected chi connectivity index (χ4v) is 3.76. The summed E-state index contributed by atoms with van der Waals surface area (Å²) in [5, 5.41) is 0. The molecule has 1 saturated heterocycles. The first-order valence-electron chi connectivity index (χ1n) is 9.23. The van der Waals surface area contributed by atoms with Gasteiger partial charge in [-0.25, -0.2) is 4.98 Å². The Kier molecular flexibility index (Phi) is 5.88. The number of imidazole rings is 1. The number of aromatic nitrogens is 2. The van der Waals surface area contributed by atoms with Gasteiger partial charge in [0.1, 0.15) is 5.82 Å². The normalized spacial score (nSPS) is 16.9. The van der Waals surface area contributed by atoms with Crippen molar-refractivity contribution in [2.45, 2.75) is 32.2 Å². The Morgan fingerprint density at radius 2 is 1.96 bits per heavy atom. The van der Waals surface area contributed by atoms with Gasteiger partial charge in [-0.05, 0) is 31.9 Å². The predicted molar refractivity (Wildman–Crippen MR) is 102 cm³/mol. The van der Waals surface area contributed by atoms with Crippen LogP contribution in [0.5, 0.6) is 17.2 Å². The lowest BCUT2D eigenvalue weighted by Crippen LogP contribution is -2.40. The molecule has 1 atom stereocenters. The fourth-order valence-electron chi connectivity index (χ4n) is 3.76. The number of hydrogen-bond acceptors (Lipinski definition) is 5. The molecule has 0 saturated carbocycles. The maximum atomic E-state index is 13.2. The number of piperidine rings is 1. The summed E-state index contributed by atoms with van der Waals surface area (Å²) >= 11 is 0. The van der Waals surface area contributed by atoms with Crippen LogP contribution in [0.2, 0.25) is 0 Å². The molecule has 0 N–H and O–H groups in total. The molecule has 7 heteroatoms. The summed E-state index contributed by atoms with van der Waals surface area (Å²) in [6.07, 6.45) is 5.80. The van der Waals surface area contributed by atoms with Gasteiger partial charge in [-0.1, -0.05) is 0 Å². The summed E-state index contributed by atoms with van der Waals surface area (Å²) in [4.78, 5) is 19.6. The van der Waals surface area contributed by atoms with E-state index in [1.165, 1.54) is 14.2 Å². The van der Waals surface area contributed by atoms with Crippen molar-refractivity contribution in [3.05, 3.63) is 35.9 Å². The first kappa shape index (κ1) is 19.1. The third kappa shape index (κ3) is 3.59. The van der Waals surface area contributed by atoms with E-state index in [-0.39, 0.29) is 11.8 Å². The van der Waals surface area contributed by atoms with Crippen LogP contribution < -0.4 is 14.2 Å². The Morgan fingerprint density at radius 1 is 1.19 bits per heavy atom. The van der Waals surface area contributed by atoms with Crippen molar-refractivity contribution in [3.8, 4) is 17.2 Å². The monoisotopic (exact) mass is 373 g/mol. The first-order chi connectivity index (χ1) is 13.1. The number of amides is 1.